The zero-order valence-electron chi connectivity index (χ0n) is 17.9. The zero-order valence-corrected chi connectivity index (χ0v) is 18.8. The minimum Gasteiger partial charge on any atom is -0.466 e. The van der Waals surface area contributed by atoms with Gasteiger partial charge in [-0.05, 0) is 6.42 Å². The molecule has 0 fully saturated rings. The van der Waals surface area contributed by atoms with E-state index in [0.29, 0.717) is 6.42 Å². The smallest absolute Gasteiger partial charge is 0.466 e. The van der Waals surface area contributed by atoms with Crippen LogP contribution in [-0.4, -0.2) is 53.6 Å². The van der Waals surface area contributed by atoms with Crippen LogP contribution >= 0.6 is 7.82 Å². The minimum atomic E-state index is -4.28. The van der Waals surface area contributed by atoms with Crippen molar-refractivity contribution in [1.29, 1.82) is 0 Å². The van der Waals surface area contributed by atoms with Gasteiger partial charge in [0.25, 0.3) is 0 Å². The summed E-state index contributed by atoms with van der Waals surface area (Å²) in [5.74, 6) is -0.268. The van der Waals surface area contributed by atoms with Gasteiger partial charge in [-0.2, -0.15) is 0 Å². The third-order valence-corrected chi connectivity index (χ3v) is 5.42. The molecule has 0 radical (unpaired) electrons. The van der Waals surface area contributed by atoms with Crippen molar-refractivity contribution in [3.05, 3.63) is 0 Å². The van der Waals surface area contributed by atoms with Crippen molar-refractivity contribution in [3.8, 4) is 0 Å². The quantitative estimate of drug-likeness (QED) is 0.138. The highest BCUT2D eigenvalue weighted by Gasteiger charge is 2.22. The monoisotopic (exact) mass is 440 g/mol. The van der Waals surface area contributed by atoms with Gasteiger partial charge in [0.1, 0.15) is 6.10 Å². The molecule has 0 saturated heterocycles. The molecule has 0 aliphatic carbocycles. The lowest BCUT2D eigenvalue weighted by Gasteiger charge is -2.14. The molecule has 8 nitrogen and oxygen atoms in total. The fourth-order valence-corrected chi connectivity index (χ4v) is 3.50. The summed E-state index contributed by atoms with van der Waals surface area (Å²) in [6.45, 7) is 1.14. The average molecular weight is 441 g/mol. The van der Waals surface area contributed by atoms with Gasteiger partial charge >= 0.3 is 13.8 Å². The second-order valence-electron chi connectivity index (χ2n) is 7.29. The molecule has 0 amide bonds. The summed E-state index contributed by atoms with van der Waals surface area (Å²) >= 11 is 0. The van der Waals surface area contributed by atoms with Crippen molar-refractivity contribution in [1.82, 2.24) is 0 Å². The van der Waals surface area contributed by atoms with Crippen LogP contribution in [0, 0.1) is 0 Å². The summed E-state index contributed by atoms with van der Waals surface area (Å²) in [6, 6.07) is 0. The SMILES string of the molecule is CCCCCCCCCCCCCC(=O)OCCCOP(=O)(O)OCC(O)CO. The van der Waals surface area contributed by atoms with Crippen LogP contribution in [0.15, 0.2) is 0 Å². The molecule has 3 N–H and O–H groups in total. The molecule has 0 aliphatic rings. The van der Waals surface area contributed by atoms with Crippen LogP contribution in [0.4, 0.5) is 0 Å². The largest absolute Gasteiger partial charge is 0.472 e. The maximum atomic E-state index is 11.6. The second kappa shape index (κ2) is 19.5. The molecule has 0 heterocycles. The van der Waals surface area contributed by atoms with E-state index in [1.54, 1.807) is 0 Å². The lowest BCUT2D eigenvalue weighted by Crippen LogP contribution is -2.19. The number of phosphoric acid groups is 1. The Morgan fingerprint density at radius 1 is 0.862 bits per heavy atom. The first-order chi connectivity index (χ1) is 13.9. The van der Waals surface area contributed by atoms with Gasteiger partial charge in [-0.1, -0.05) is 71.1 Å². The van der Waals surface area contributed by atoms with E-state index in [0.717, 1.165) is 19.3 Å². The van der Waals surface area contributed by atoms with Gasteiger partial charge in [0.05, 0.1) is 26.4 Å². The highest BCUT2D eigenvalue weighted by Crippen LogP contribution is 2.43. The number of hydrogen-bond donors (Lipinski definition) is 3. The third-order valence-electron chi connectivity index (χ3n) is 4.43. The number of ether oxygens (including phenoxy) is 1. The summed E-state index contributed by atoms with van der Waals surface area (Å²) in [4.78, 5) is 21.0. The molecule has 29 heavy (non-hydrogen) atoms. The summed E-state index contributed by atoms with van der Waals surface area (Å²) < 4.78 is 25.7. The lowest BCUT2D eigenvalue weighted by molar-refractivity contribution is -0.144. The Morgan fingerprint density at radius 3 is 1.97 bits per heavy atom. The summed E-state index contributed by atoms with van der Waals surface area (Å²) in [5, 5.41) is 17.6. The van der Waals surface area contributed by atoms with Gasteiger partial charge in [-0.25, -0.2) is 4.57 Å². The van der Waals surface area contributed by atoms with Crippen LogP contribution in [0.2, 0.25) is 0 Å². The number of carbonyl (C=O) groups is 1. The number of aliphatic hydroxyl groups is 2. The molecule has 0 aromatic carbocycles. The van der Waals surface area contributed by atoms with E-state index in [2.05, 4.69) is 16.0 Å². The number of phosphoric ester groups is 1. The van der Waals surface area contributed by atoms with Crippen LogP contribution in [0.3, 0.4) is 0 Å². The third kappa shape index (κ3) is 20.5. The van der Waals surface area contributed by atoms with Gasteiger partial charge in [-0.3, -0.25) is 13.8 Å². The number of unbranched alkanes of at least 4 members (excludes halogenated alkanes) is 10. The Balaban J connectivity index is 3.43. The summed E-state index contributed by atoms with van der Waals surface area (Å²) in [6.07, 6.45) is 12.9. The van der Waals surface area contributed by atoms with E-state index < -0.39 is 27.1 Å². The molecular formula is C20H41O8P. The van der Waals surface area contributed by atoms with Gasteiger partial charge in [0.15, 0.2) is 0 Å². The van der Waals surface area contributed by atoms with Gasteiger partial charge in [0, 0.05) is 12.8 Å². The normalized spacial score (nSPS) is 14.5. The molecule has 0 spiro atoms. The number of aliphatic hydroxyl groups excluding tert-OH is 2. The fraction of sp³-hybridized carbons (Fsp3) is 0.950. The predicted octanol–water partition coefficient (Wildman–Crippen LogP) is 4.11. The summed E-state index contributed by atoms with van der Waals surface area (Å²) in [7, 11) is -4.28. The highest BCUT2D eigenvalue weighted by molar-refractivity contribution is 7.47. The van der Waals surface area contributed by atoms with Crippen molar-refractivity contribution in [2.45, 2.75) is 96.5 Å². The van der Waals surface area contributed by atoms with Crippen molar-refractivity contribution in [2.24, 2.45) is 0 Å². The number of esters is 1. The Bertz CT molecular complexity index is 433. The second-order valence-corrected chi connectivity index (χ2v) is 8.75. The van der Waals surface area contributed by atoms with E-state index in [4.69, 9.17) is 14.9 Å². The van der Waals surface area contributed by atoms with Crippen LogP contribution in [0.5, 0.6) is 0 Å². The Kier molecular flexibility index (Phi) is 19.1. The molecule has 0 aliphatic heterocycles. The van der Waals surface area contributed by atoms with Crippen LogP contribution < -0.4 is 0 Å². The topological polar surface area (TPSA) is 123 Å². The molecule has 0 saturated carbocycles. The Hall–Kier alpha value is -0.500. The first-order valence-electron chi connectivity index (χ1n) is 11.0. The lowest BCUT2D eigenvalue weighted by atomic mass is 10.1. The van der Waals surface area contributed by atoms with Gasteiger partial charge in [0.2, 0.25) is 0 Å². The zero-order chi connectivity index (χ0) is 21.8. The van der Waals surface area contributed by atoms with E-state index >= 15 is 0 Å². The molecule has 0 bridgehead atoms. The molecule has 2 atom stereocenters. The van der Waals surface area contributed by atoms with E-state index in [1.165, 1.54) is 51.4 Å². The van der Waals surface area contributed by atoms with Gasteiger partial charge < -0.3 is 19.8 Å². The van der Waals surface area contributed by atoms with E-state index in [9.17, 15) is 14.3 Å². The standard InChI is InChI=1S/C20H41O8P/c1-2-3-4-5-6-7-8-9-10-11-12-14-20(23)26-15-13-16-27-29(24,25)28-18-19(22)17-21/h19,21-22H,2-18H2,1H3,(H,24,25). The molecule has 9 heteroatoms. The van der Waals surface area contributed by atoms with Crippen molar-refractivity contribution in [3.63, 3.8) is 0 Å². The molecule has 2 unspecified atom stereocenters. The molecule has 174 valence electrons. The Morgan fingerprint density at radius 2 is 1.41 bits per heavy atom. The number of carbonyl (C=O) groups excluding carboxylic acids is 1. The highest BCUT2D eigenvalue weighted by atomic mass is 31.2. The minimum absolute atomic E-state index is 0.107. The number of hydrogen-bond acceptors (Lipinski definition) is 7. The fourth-order valence-electron chi connectivity index (χ4n) is 2.70. The van der Waals surface area contributed by atoms with Crippen LogP contribution in [0.25, 0.3) is 0 Å². The molecule has 0 rings (SSSR count). The maximum absolute atomic E-state index is 11.6. The predicted molar refractivity (Wildman–Crippen MR) is 111 cm³/mol. The van der Waals surface area contributed by atoms with Crippen molar-refractivity contribution in [2.75, 3.05) is 26.4 Å². The number of rotatable bonds is 21. The van der Waals surface area contributed by atoms with E-state index in [-0.39, 0.29) is 25.6 Å². The van der Waals surface area contributed by atoms with Crippen molar-refractivity contribution >= 4 is 13.8 Å². The van der Waals surface area contributed by atoms with Crippen LogP contribution in [-0.2, 0) is 23.1 Å². The average Bonchev–Trinajstić information content (AvgIpc) is 2.70. The first-order valence-corrected chi connectivity index (χ1v) is 12.5. The van der Waals surface area contributed by atoms with Gasteiger partial charge in [-0.15, -0.1) is 0 Å². The first kappa shape index (κ1) is 28.5. The Labute approximate surface area is 175 Å². The van der Waals surface area contributed by atoms with Crippen molar-refractivity contribution < 1.29 is 38.3 Å². The molecular weight excluding hydrogens is 399 g/mol. The van der Waals surface area contributed by atoms with Crippen LogP contribution in [0.1, 0.15) is 90.4 Å². The van der Waals surface area contributed by atoms with E-state index in [1.807, 2.05) is 0 Å². The summed E-state index contributed by atoms with van der Waals surface area (Å²) in [5.41, 5.74) is 0. The molecule has 0 aromatic rings. The molecule has 0 aromatic heterocycles. The maximum Gasteiger partial charge on any atom is 0.472 e.